The Morgan fingerprint density at radius 2 is 1.00 bits per heavy atom. The molecule has 0 aliphatic carbocycles. The van der Waals surface area contributed by atoms with Crippen molar-refractivity contribution >= 4 is 18.1 Å². The molecule has 0 bridgehead atoms. The normalized spacial score (nSPS) is 10.5. The fourth-order valence-electron chi connectivity index (χ4n) is 3.02. The monoisotopic (exact) mass is 498 g/mol. The van der Waals surface area contributed by atoms with Crippen molar-refractivity contribution in [1.82, 2.24) is 0 Å². The molecular weight excluding hydrogens is 474 g/mol. The molecule has 3 rings (SSSR count). The van der Waals surface area contributed by atoms with Crippen molar-refractivity contribution in [2.45, 2.75) is 38.8 Å². The Kier molecular flexibility index (Phi) is 9.93. The Morgan fingerprint density at radius 1 is 0.583 bits per heavy atom. The SMILES string of the molecule is O=C(CC(CC(=O)OCc1ccc(F)cc1)OC(=O)OCc1ccccc1)OCc1ccc(F)cc1. The van der Waals surface area contributed by atoms with Crippen LogP contribution in [0.25, 0.3) is 0 Å². The number of benzene rings is 3. The maximum absolute atomic E-state index is 13.0. The van der Waals surface area contributed by atoms with Crippen LogP contribution in [0, 0.1) is 11.6 Å². The van der Waals surface area contributed by atoms with E-state index in [0.29, 0.717) is 11.1 Å². The molecule has 0 atom stereocenters. The molecule has 0 saturated heterocycles. The Morgan fingerprint density at radius 3 is 1.47 bits per heavy atom. The smallest absolute Gasteiger partial charge is 0.461 e. The lowest BCUT2D eigenvalue weighted by atomic mass is 10.2. The van der Waals surface area contributed by atoms with Gasteiger partial charge in [0.15, 0.2) is 0 Å². The molecule has 36 heavy (non-hydrogen) atoms. The predicted octanol–water partition coefficient (Wildman–Crippen LogP) is 5.25. The molecule has 0 aromatic heterocycles. The van der Waals surface area contributed by atoms with Gasteiger partial charge in [0.1, 0.15) is 37.6 Å². The van der Waals surface area contributed by atoms with Gasteiger partial charge in [0.2, 0.25) is 0 Å². The van der Waals surface area contributed by atoms with E-state index in [-0.39, 0.29) is 19.8 Å². The van der Waals surface area contributed by atoms with E-state index in [0.717, 1.165) is 5.56 Å². The summed E-state index contributed by atoms with van der Waals surface area (Å²) in [5.74, 6) is -2.34. The third kappa shape index (κ3) is 9.54. The van der Waals surface area contributed by atoms with E-state index in [9.17, 15) is 23.2 Å². The zero-order valence-corrected chi connectivity index (χ0v) is 19.2. The second-order valence-corrected chi connectivity index (χ2v) is 7.75. The molecule has 0 saturated carbocycles. The molecule has 188 valence electrons. The third-order valence-corrected chi connectivity index (χ3v) is 4.88. The van der Waals surface area contributed by atoms with E-state index in [2.05, 4.69) is 0 Å². The van der Waals surface area contributed by atoms with Gasteiger partial charge >= 0.3 is 18.1 Å². The van der Waals surface area contributed by atoms with Gasteiger partial charge in [-0.05, 0) is 41.0 Å². The van der Waals surface area contributed by atoms with Gasteiger partial charge in [-0.25, -0.2) is 13.6 Å². The van der Waals surface area contributed by atoms with Gasteiger partial charge in [-0.1, -0.05) is 54.6 Å². The molecule has 9 heteroatoms. The van der Waals surface area contributed by atoms with E-state index in [1.165, 1.54) is 48.5 Å². The summed E-state index contributed by atoms with van der Waals surface area (Å²) in [6, 6.07) is 19.7. The first-order chi connectivity index (χ1) is 17.4. The molecule has 0 spiro atoms. The zero-order chi connectivity index (χ0) is 25.8. The van der Waals surface area contributed by atoms with Crippen LogP contribution in [0.15, 0.2) is 78.9 Å². The summed E-state index contributed by atoms with van der Waals surface area (Å²) in [5, 5.41) is 0. The summed E-state index contributed by atoms with van der Waals surface area (Å²) in [6.45, 7) is -0.310. The highest BCUT2D eigenvalue weighted by atomic mass is 19.1. The number of carbonyl (C=O) groups excluding carboxylic acids is 3. The first kappa shape index (κ1) is 26.3. The lowest BCUT2D eigenvalue weighted by Crippen LogP contribution is -2.26. The van der Waals surface area contributed by atoms with Crippen molar-refractivity contribution in [3.63, 3.8) is 0 Å². The Bertz CT molecular complexity index is 1070. The van der Waals surface area contributed by atoms with Gasteiger partial charge in [-0.2, -0.15) is 0 Å². The summed E-state index contributed by atoms with van der Waals surface area (Å²) in [4.78, 5) is 36.9. The van der Waals surface area contributed by atoms with Crippen LogP contribution in [0.4, 0.5) is 13.6 Å². The molecule has 0 aliphatic rings. The zero-order valence-electron chi connectivity index (χ0n) is 19.2. The van der Waals surface area contributed by atoms with Crippen LogP contribution in [0.2, 0.25) is 0 Å². The van der Waals surface area contributed by atoms with Crippen LogP contribution in [0.1, 0.15) is 29.5 Å². The topological polar surface area (TPSA) is 88.1 Å². The van der Waals surface area contributed by atoms with Crippen molar-refractivity contribution in [1.29, 1.82) is 0 Å². The second-order valence-electron chi connectivity index (χ2n) is 7.75. The number of hydrogen-bond acceptors (Lipinski definition) is 7. The van der Waals surface area contributed by atoms with Crippen LogP contribution in [0.3, 0.4) is 0 Å². The molecule has 0 radical (unpaired) electrons. The third-order valence-electron chi connectivity index (χ3n) is 4.88. The molecular formula is C27H24F2O7. The first-order valence-electron chi connectivity index (χ1n) is 11.0. The number of hydrogen-bond donors (Lipinski definition) is 0. The van der Waals surface area contributed by atoms with Crippen LogP contribution in [-0.2, 0) is 48.4 Å². The first-order valence-corrected chi connectivity index (χ1v) is 11.0. The summed E-state index contributed by atoms with van der Waals surface area (Å²) in [6.07, 6.45) is -3.16. The van der Waals surface area contributed by atoms with Gasteiger partial charge in [-0.3, -0.25) is 9.59 Å². The van der Waals surface area contributed by atoms with Gasteiger partial charge in [0, 0.05) is 0 Å². The van der Waals surface area contributed by atoms with E-state index >= 15 is 0 Å². The Hall–Kier alpha value is -4.27. The van der Waals surface area contributed by atoms with E-state index < -0.39 is 48.7 Å². The van der Waals surface area contributed by atoms with Crippen molar-refractivity contribution in [2.75, 3.05) is 0 Å². The maximum atomic E-state index is 13.0. The minimum absolute atomic E-state index is 0.0591. The second kappa shape index (κ2) is 13.6. The minimum atomic E-state index is -1.21. The lowest BCUT2D eigenvalue weighted by Gasteiger charge is -2.17. The minimum Gasteiger partial charge on any atom is -0.461 e. The average Bonchev–Trinajstić information content (AvgIpc) is 2.87. The van der Waals surface area contributed by atoms with Crippen molar-refractivity contribution in [2.24, 2.45) is 0 Å². The molecule has 3 aromatic rings. The molecule has 0 unspecified atom stereocenters. The van der Waals surface area contributed by atoms with Gasteiger partial charge in [0.05, 0.1) is 12.8 Å². The van der Waals surface area contributed by atoms with E-state index in [4.69, 9.17) is 18.9 Å². The summed E-state index contributed by atoms with van der Waals surface area (Å²) in [7, 11) is 0. The molecule has 0 heterocycles. The maximum Gasteiger partial charge on any atom is 0.508 e. The largest absolute Gasteiger partial charge is 0.508 e. The van der Waals surface area contributed by atoms with Gasteiger partial charge in [-0.15, -0.1) is 0 Å². The molecule has 3 aromatic carbocycles. The lowest BCUT2D eigenvalue weighted by molar-refractivity contribution is -0.151. The highest BCUT2D eigenvalue weighted by Crippen LogP contribution is 2.13. The summed E-state index contributed by atoms with van der Waals surface area (Å²) in [5.41, 5.74) is 1.84. The van der Waals surface area contributed by atoms with E-state index in [1.54, 1.807) is 24.3 Å². The number of ether oxygens (including phenoxy) is 4. The highest BCUT2D eigenvalue weighted by molar-refractivity contribution is 5.74. The predicted molar refractivity (Wildman–Crippen MR) is 123 cm³/mol. The summed E-state index contributed by atoms with van der Waals surface area (Å²) < 4.78 is 46.6. The van der Waals surface area contributed by atoms with Gasteiger partial charge < -0.3 is 18.9 Å². The van der Waals surface area contributed by atoms with Crippen LogP contribution in [0.5, 0.6) is 0 Å². The standard InChI is InChI=1S/C27H24F2O7/c28-22-10-6-20(7-11-22)16-33-25(30)14-24(36-27(32)35-18-19-4-2-1-3-5-19)15-26(31)34-17-21-8-12-23(29)13-9-21/h1-13,24H,14-18H2. The van der Waals surface area contributed by atoms with Crippen LogP contribution in [-0.4, -0.2) is 24.2 Å². The van der Waals surface area contributed by atoms with Gasteiger partial charge in [0.25, 0.3) is 0 Å². The van der Waals surface area contributed by atoms with Crippen molar-refractivity contribution in [3.05, 3.63) is 107 Å². The van der Waals surface area contributed by atoms with Crippen LogP contribution < -0.4 is 0 Å². The highest BCUT2D eigenvalue weighted by Gasteiger charge is 2.24. The molecule has 0 N–H and O–H groups in total. The average molecular weight is 498 g/mol. The summed E-state index contributed by atoms with van der Waals surface area (Å²) >= 11 is 0. The van der Waals surface area contributed by atoms with Crippen molar-refractivity contribution < 1.29 is 42.1 Å². The molecule has 0 aliphatic heterocycles. The fraction of sp³-hybridized carbons (Fsp3) is 0.222. The number of carbonyl (C=O) groups is 3. The Balaban J connectivity index is 1.54. The molecule has 0 amide bonds. The number of rotatable bonds is 11. The quantitative estimate of drug-likeness (QED) is 0.263. The number of esters is 2. The molecule has 7 nitrogen and oxygen atoms in total. The van der Waals surface area contributed by atoms with Crippen LogP contribution >= 0.6 is 0 Å². The number of halogens is 2. The van der Waals surface area contributed by atoms with E-state index in [1.807, 2.05) is 6.07 Å². The Labute approximate surface area is 206 Å². The molecule has 0 fully saturated rings. The van der Waals surface area contributed by atoms with Crippen molar-refractivity contribution in [3.8, 4) is 0 Å². The fourth-order valence-corrected chi connectivity index (χ4v) is 3.02.